The van der Waals surface area contributed by atoms with Gasteiger partial charge < -0.3 is 0 Å². The van der Waals surface area contributed by atoms with Gasteiger partial charge in [0.2, 0.25) is 0 Å². The maximum Gasteiger partial charge on any atom is 0.160 e. The van der Waals surface area contributed by atoms with Gasteiger partial charge in [-0.15, -0.1) is 0 Å². The molecule has 10 rings (SSSR count). The molecule has 10 aromatic rings. The van der Waals surface area contributed by atoms with Gasteiger partial charge in [0.15, 0.2) is 5.82 Å². The molecule has 0 N–H and O–H groups in total. The predicted molar refractivity (Wildman–Crippen MR) is 249 cm³/mol. The third kappa shape index (κ3) is 7.32. The zero-order valence-electron chi connectivity index (χ0n) is 32.9. The predicted octanol–water partition coefficient (Wildman–Crippen LogP) is 14.9. The van der Waals surface area contributed by atoms with Crippen LogP contribution < -0.4 is 0 Å². The summed E-state index contributed by atoms with van der Waals surface area (Å²) in [6.07, 6.45) is 0. The van der Waals surface area contributed by atoms with E-state index in [4.69, 9.17) is 15.0 Å². The Morgan fingerprint density at radius 2 is 0.550 bits per heavy atom. The van der Waals surface area contributed by atoms with Crippen LogP contribution in [0.5, 0.6) is 0 Å². The van der Waals surface area contributed by atoms with Gasteiger partial charge >= 0.3 is 0 Å². The van der Waals surface area contributed by atoms with Crippen LogP contribution in [0.15, 0.2) is 237 Å². The third-order valence-corrected chi connectivity index (χ3v) is 10.9. The first kappa shape index (κ1) is 36.3. The van der Waals surface area contributed by atoms with E-state index in [2.05, 4.69) is 224 Å². The maximum absolute atomic E-state index is 5.63. The normalized spacial score (nSPS) is 11.0. The monoisotopic (exact) mass is 765 g/mol. The minimum Gasteiger partial charge on any atom is -0.246 e. The second-order valence-electron chi connectivity index (χ2n) is 14.8. The van der Waals surface area contributed by atoms with Crippen molar-refractivity contribution in [3.8, 4) is 101 Å². The van der Waals surface area contributed by atoms with Crippen molar-refractivity contribution in [3.05, 3.63) is 237 Å². The third-order valence-electron chi connectivity index (χ3n) is 10.9. The van der Waals surface area contributed by atoms with Crippen LogP contribution in [0.1, 0.15) is 0 Å². The second kappa shape index (κ2) is 16.5. The van der Waals surface area contributed by atoms with Crippen LogP contribution in [-0.4, -0.2) is 15.0 Å². The zero-order valence-corrected chi connectivity index (χ0v) is 32.9. The molecule has 0 unspecified atom stereocenters. The van der Waals surface area contributed by atoms with Gasteiger partial charge in [0.05, 0.1) is 22.8 Å². The van der Waals surface area contributed by atoms with Crippen LogP contribution in [0, 0.1) is 0 Å². The first-order chi connectivity index (χ1) is 29.8. The lowest BCUT2D eigenvalue weighted by atomic mass is 9.83. The highest BCUT2D eigenvalue weighted by molar-refractivity contribution is 6.05. The van der Waals surface area contributed by atoms with Gasteiger partial charge in [-0.25, -0.2) is 15.0 Å². The van der Waals surface area contributed by atoms with Gasteiger partial charge in [-0.3, -0.25) is 0 Å². The SMILES string of the molecule is c1ccc(-c2cccc(-c3cc(-c4ccccc4)nc(-c4cccc(-c5c(-c6ccccc6)c(-c6ccccc6)nc(-c6ccccc6)c5-c5ccccc5)c4)n3)c2)cc1. The van der Waals surface area contributed by atoms with E-state index in [0.717, 1.165) is 95.1 Å². The highest BCUT2D eigenvalue weighted by atomic mass is 14.9. The molecule has 3 heteroatoms. The molecule has 0 bridgehead atoms. The van der Waals surface area contributed by atoms with Crippen molar-refractivity contribution in [1.82, 2.24) is 15.0 Å². The summed E-state index contributed by atoms with van der Waals surface area (Å²) < 4.78 is 0. The molecule has 3 nitrogen and oxygen atoms in total. The molecule has 2 heterocycles. The average Bonchev–Trinajstić information content (AvgIpc) is 3.35. The molecule has 0 radical (unpaired) electrons. The van der Waals surface area contributed by atoms with Crippen LogP contribution in [-0.2, 0) is 0 Å². The zero-order chi connectivity index (χ0) is 40.1. The van der Waals surface area contributed by atoms with Crippen molar-refractivity contribution in [2.75, 3.05) is 0 Å². The molecular formula is C57H39N3. The summed E-state index contributed by atoms with van der Waals surface area (Å²) in [6, 6.07) is 82.7. The lowest BCUT2D eigenvalue weighted by Crippen LogP contribution is -2.02. The maximum atomic E-state index is 5.63. The van der Waals surface area contributed by atoms with Crippen molar-refractivity contribution in [2.24, 2.45) is 0 Å². The fraction of sp³-hybridized carbons (Fsp3) is 0. The molecular weight excluding hydrogens is 727 g/mol. The van der Waals surface area contributed by atoms with Gasteiger partial charge in [-0.2, -0.15) is 0 Å². The van der Waals surface area contributed by atoms with Gasteiger partial charge in [0, 0.05) is 44.5 Å². The quantitative estimate of drug-likeness (QED) is 0.147. The molecule has 0 spiro atoms. The van der Waals surface area contributed by atoms with E-state index in [-0.39, 0.29) is 0 Å². The molecule has 8 aromatic carbocycles. The Labute approximate surface area is 351 Å². The van der Waals surface area contributed by atoms with E-state index < -0.39 is 0 Å². The van der Waals surface area contributed by atoms with Crippen molar-refractivity contribution >= 4 is 0 Å². The van der Waals surface area contributed by atoms with Gasteiger partial charge in [0.1, 0.15) is 0 Å². The Hall–Kier alpha value is -8.01. The van der Waals surface area contributed by atoms with Crippen molar-refractivity contribution in [2.45, 2.75) is 0 Å². The van der Waals surface area contributed by atoms with E-state index in [9.17, 15) is 0 Å². The molecule has 0 amide bonds. The van der Waals surface area contributed by atoms with E-state index in [1.165, 1.54) is 0 Å². The van der Waals surface area contributed by atoms with Gasteiger partial charge in [-0.1, -0.05) is 218 Å². The van der Waals surface area contributed by atoms with E-state index in [0.29, 0.717) is 5.82 Å². The summed E-state index contributed by atoms with van der Waals surface area (Å²) in [6.45, 7) is 0. The van der Waals surface area contributed by atoms with E-state index in [1.807, 2.05) is 12.1 Å². The fourth-order valence-electron chi connectivity index (χ4n) is 8.04. The summed E-state index contributed by atoms with van der Waals surface area (Å²) in [5.74, 6) is 0.654. The molecule has 282 valence electrons. The van der Waals surface area contributed by atoms with Crippen LogP contribution >= 0.6 is 0 Å². The van der Waals surface area contributed by atoms with Crippen molar-refractivity contribution in [3.63, 3.8) is 0 Å². The molecule has 60 heavy (non-hydrogen) atoms. The minimum absolute atomic E-state index is 0.654. The number of aromatic nitrogens is 3. The second-order valence-corrected chi connectivity index (χ2v) is 14.8. The highest BCUT2D eigenvalue weighted by Crippen LogP contribution is 2.49. The topological polar surface area (TPSA) is 38.7 Å². The summed E-state index contributed by atoms with van der Waals surface area (Å²) in [5.41, 5.74) is 17.4. The number of hydrogen-bond donors (Lipinski definition) is 0. The fourth-order valence-corrected chi connectivity index (χ4v) is 8.04. The van der Waals surface area contributed by atoms with Crippen molar-refractivity contribution < 1.29 is 0 Å². The Morgan fingerprint density at radius 3 is 1.05 bits per heavy atom. The van der Waals surface area contributed by atoms with Crippen LogP contribution in [0.3, 0.4) is 0 Å². The Morgan fingerprint density at radius 1 is 0.200 bits per heavy atom. The standard InChI is InChI=1S/C57H39N3/c1-7-21-40(22-8-1)46-33-19-34-47(37-46)51-39-50(41-23-9-2-10-24-41)58-57(59-51)49-36-20-35-48(38-49)52-53(42-25-11-3-12-26-42)55(44-29-15-5-16-30-44)60-56(45-31-17-6-18-32-45)54(52)43-27-13-4-14-28-43/h1-39H. The lowest BCUT2D eigenvalue weighted by molar-refractivity contribution is 1.18. The number of benzene rings is 8. The van der Waals surface area contributed by atoms with Crippen LogP contribution in [0.2, 0.25) is 0 Å². The lowest BCUT2D eigenvalue weighted by Gasteiger charge is -2.23. The Kier molecular flexibility index (Phi) is 9.97. The Balaban J connectivity index is 1.25. The molecule has 0 saturated carbocycles. The summed E-state index contributed by atoms with van der Waals surface area (Å²) in [5, 5.41) is 0. The summed E-state index contributed by atoms with van der Waals surface area (Å²) in [4.78, 5) is 16.2. The van der Waals surface area contributed by atoms with Crippen LogP contribution in [0.25, 0.3) is 101 Å². The first-order valence-electron chi connectivity index (χ1n) is 20.3. The minimum atomic E-state index is 0.654. The summed E-state index contributed by atoms with van der Waals surface area (Å²) in [7, 11) is 0. The molecule has 0 aliphatic rings. The Bertz CT molecular complexity index is 2940. The number of pyridine rings is 1. The van der Waals surface area contributed by atoms with E-state index in [1.54, 1.807) is 0 Å². The number of nitrogens with zero attached hydrogens (tertiary/aromatic N) is 3. The number of hydrogen-bond acceptors (Lipinski definition) is 3. The molecule has 0 aliphatic carbocycles. The molecule has 0 fully saturated rings. The summed E-state index contributed by atoms with van der Waals surface area (Å²) >= 11 is 0. The van der Waals surface area contributed by atoms with Crippen LogP contribution in [0.4, 0.5) is 0 Å². The molecule has 2 aromatic heterocycles. The van der Waals surface area contributed by atoms with E-state index >= 15 is 0 Å². The molecule has 0 atom stereocenters. The largest absolute Gasteiger partial charge is 0.246 e. The number of rotatable bonds is 9. The van der Waals surface area contributed by atoms with Crippen molar-refractivity contribution in [1.29, 1.82) is 0 Å². The smallest absolute Gasteiger partial charge is 0.160 e. The van der Waals surface area contributed by atoms with Gasteiger partial charge in [0.25, 0.3) is 0 Å². The average molecular weight is 766 g/mol. The highest BCUT2D eigenvalue weighted by Gasteiger charge is 2.25. The first-order valence-corrected chi connectivity index (χ1v) is 20.3. The van der Waals surface area contributed by atoms with Gasteiger partial charge in [-0.05, 0) is 46.0 Å². The molecule has 0 saturated heterocycles. The molecule has 0 aliphatic heterocycles.